The minimum absolute atomic E-state index is 0.0929. The first-order chi connectivity index (χ1) is 18.0. The van der Waals surface area contributed by atoms with E-state index >= 15 is 0 Å². The second kappa shape index (κ2) is 10.8. The number of aromatic nitrogens is 3. The van der Waals surface area contributed by atoms with Crippen LogP contribution in [0.3, 0.4) is 0 Å². The summed E-state index contributed by atoms with van der Waals surface area (Å²) in [6, 6.07) is 10.2. The van der Waals surface area contributed by atoms with Gasteiger partial charge in [-0.15, -0.1) is 0 Å². The third-order valence-corrected chi connectivity index (χ3v) is 5.90. The Morgan fingerprint density at radius 2 is 1.82 bits per heavy atom. The molecule has 11 nitrogen and oxygen atoms in total. The van der Waals surface area contributed by atoms with Crippen LogP contribution in [0.2, 0.25) is 0 Å². The molecule has 3 aromatic rings. The van der Waals surface area contributed by atoms with Crippen LogP contribution in [0.5, 0.6) is 0 Å². The fourth-order valence-electron chi connectivity index (χ4n) is 4.04. The van der Waals surface area contributed by atoms with E-state index in [0.717, 1.165) is 5.56 Å². The third-order valence-electron chi connectivity index (χ3n) is 5.90. The van der Waals surface area contributed by atoms with E-state index in [1.165, 1.54) is 6.33 Å². The lowest BCUT2D eigenvalue weighted by molar-refractivity contribution is 0.0293. The Morgan fingerprint density at radius 1 is 1.11 bits per heavy atom. The van der Waals surface area contributed by atoms with E-state index in [1.54, 1.807) is 41.4 Å². The van der Waals surface area contributed by atoms with Gasteiger partial charge in [0.1, 0.15) is 29.4 Å². The fraction of sp³-hybridized carbons (Fsp3) is 0.333. The molecule has 5 N–H and O–H groups in total. The van der Waals surface area contributed by atoms with Crippen molar-refractivity contribution >= 4 is 35.2 Å². The highest BCUT2D eigenvalue weighted by Crippen LogP contribution is 2.25. The molecule has 1 fully saturated rings. The number of carbonyl (C=O) groups excluding carboxylic acids is 2. The van der Waals surface area contributed by atoms with Crippen LogP contribution in [0.15, 0.2) is 48.9 Å². The Hall–Kier alpha value is -4.54. The molecule has 0 radical (unpaired) electrons. The topological polar surface area (TPSA) is 159 Å². The summed E-state index contributed by atoms with van der Waals surface area (Å²) in [5.74, 6) is 0.725. The quantitative estimate of drug-likeness (QED) is 0.360. The van der Waals surface area contributed by atoms with Crippen LogP contribution in [0.25, 0.3) is 0 Å². The van der Waals surface area contributed by atoms with Crippen LogP contribution in [0.4, 0.5) is 22.2 Å². The SMILES string of the molecule is Cc1ccnc(NC(=O)c2ccc(C(=N)c3c(N)ncnc3N[C@@H]3CCN(C(=O)OC(C)(C)C)C3)cc2)c1. The number of carbonyl (C=O) groups is 2. The molecule has 0 saturated carbocycles. The number of pyridine rings is 1. The van der Waals surface area contributed by atoms with Crippen LogP contribution in [0.1, 0.15) is 54.2 Å². The Kier molecular flexibility index (Phi) is 7.56. The second-order valence-corrected chi connectivity index (χ2v) is 10.2. The van der Waals surface area contributed by atoms with Crippen molar-refractivity contribution in [1.82, 2.24) is 19.9 Å². The van der Waals surface area contributed by atoms with E-state index in [2.05, 4.69) is 25.6 Å². The highest BCUT2D eigenvalue weighted by Gasteiger charge is 2.31. The van der Waals surface area contributed by atoms with Gasteiger partial charge in [0.2, 0.25) is 0 Å². The Bertz CT molecular complexity index is 1350. The Morgan fingerprint density at radius 3 is 2.50 bits per heavy atom. The standard InChI is InChI=1S/C27H32N8O3/c1-16-9-11-30-20(13-16)34-25(36)18-7-5-17(6-8-18)22(28)21-23(29)31-15-32-24(21)33-19-10-12-35(14-19)26(37)38-27(2,3)4/h5-9,11,13,15,19,28H,10,12,14H2,1-4H3,(H,30,34,36)(H3,29,31,32,33)/t19-/m1/s1. The summed E-state index contributed by atoms with van der Waals surface area (Å²) >= 11 is 0. The molecule has 11 heteroatoms. The first-order valence-electron chi connectivity index (χ1n) is 12.3. The lowest BCUT2D eigenvalue weighted by Crippen LogP contribution is -2.36. The van der Waals surface area contributed by atoms with Crippen molar-refractivity contribution in [2.45, 2.75) is 45.8 Å². The first kappa shape index (κ1) is 26.5. The number of hydrogen-bond donors (Lipinski definition) is 4. The maximum absolute atomic E-state index is 12.6. The molecule has 0 aliphatic carbocycles. The van der Waals surface area contributed by atoms with Gasteiger partial charge in [-0.05, 0) is 63.9 Å². The number of nitrogens with zero attached hydrogens (tertiary/aromatic N) is 4. The maximum atomic E-state index is 12.6. The molecule has 0 spiro atoms. The summed E-state index contributed by atoms with van der Waals surface area (Å²) in [6.07, 6.45) is 3.30. The molecular weight excluding hydrogens is 484 g/mol. The molecule has 1 aliphatic rings. The molecule has 198 valence electrons. The summed E-state index contributed by atoms with van der Waals surface area (Å²) in [7, 11) is 0. The number of hydrogen-bond acceptors (Lipinski definition) is 9. The molecule has 2 aromatic heterocycles. The van der Waals surface area contributed by atoms with Crippen LogP contribution in [-0.4, -0.2) is 62.3 Å². The highest BCUT2D eigenvalue weighted by atomic mass is 16.6. The van der Waals surface area contributed by atoms with E-state index < -0.39 is 5.60 Å². The van der Waals surface area contributed by atoms with Crippen molar-refractivity contribution in [2.75, 3.05) is 29.5 Å². The highest BCUT2D eigenvalue weighted by molar-refractivity contribution is 6.16. The third kappa shape index (κ3) is 6.41. The van der Waals surface area contributed by atoms with Gasteiger partial charge >= 0.3 is 6.09 Å². The number of nitrogen functional groups attached to an aromatic ring is 1. The zero-order valence-corrected chi connectivity index (χ0v) is 21.9. The number of benzene rings is 1. The second-order valence-electron chi connectivity index (χ2n) is 10.2. The maximum Gasteiger partial charge on any atom is 0.410 e. The van der Waals surface area contributed by atoms with Crippen LogP contribution >= 0.6 is 0 Å². The molecule has 1 saturated heterocycles. The Balaban J connectivity index is 1.46. The first-order valence-corrected chi connectivity index (χ1v) is 12.3. The number of nitrogens with two attached hydrogens (primary N) is 1. The minimum Gasteiger partial charge on any atom is -0.444 e. The molecule has 4 rings (SSSR count). The van der Waals surface area contributed by atoms with Crippen molar-refractivity contribution in [3.05, 3.63) is 71.2 Å². The van der Waals surface area contributed by atoms with Crippen LogP contribution < -0.4 is 16.4 Å². The van der Waals surface area contributed by atoms with Crippen molar-refractivity contribution in [1.29, 1.82) is 5.41 Å². The van der Waals surface area contributed by atoms with E-state index in [0.29, 0.717) is 47.8 Å². The van der Waals surface area contributed by atoms with Crippen LogP contribution in [-0.2, 0) is 4.74 Å². The zero-order chi connectivity index (χ0) is 27.4. The number of anilines is 3. The van der Waals surface area contributed by atoms with Crippen molar-refractivity contribution in [3.63, 3.8) is 0 Å². The molecule has 3 heterocycles. The van der Waals surface area contributed by atoms with E-state index in [-0.39, 0.29) is 29.6 Å². The molecule has 0 bridgehead atoms. The molecule has 1 atom stereocenters. The lowest BCUT2D eigenvalue weighted by atomic mass is 10.0. The average molecular weight is 517 g/mol. The summed E-state index contributed by atoms with van der Waals surface area (Å²) in [6.45, 7) is 8.39. The number of rotatable bonds is 6. The number of aryl methyl sites for hydroxylation is 1. The van der Waals surface area contributed by atoms with Crippen molar-refractivity contribution < 1.29 is 14.3 Å². The van der Waals surface area contributed by atoms with E-state index in [4.69, 9.17) is 15.9 Å². The monoisotopic (exact) mass is 516 g/mol. The van der Waals surface area contributed by atoms with Gasteiger partial charge in [-0.2, -0.15) is 0 Å². The number of nitrogens with one attached hydrogen (secondary N) is 3. The molecular formula is C27H32N8O3. The Labute approximate surface area is 221 Å². The minimum atomic E-state index is -0.570. The number of ether oxygens (including phenoxy) is 1. The van der Waals surface area contributed by atoms with Gasteiger partial charge in [0.15, 0.2) is 0 Å². The molecule has 2 amide bonds. The summed E-state index contributed by atoms with van der Waals surface area (Å²) in [5, 5.41) is 14.9. The van der Waals surface area contributed by atoms with Crippen molar-refractivity contribution in [2.24, 2.45) is 0 Å². The number of amides is 2. The van der Waals surface area contributed by atoms with E-state index in [9.17, 15) is 9.59 Å². The molecule has 1 aliphatic heterocycles. The molecule has 1 aromatic carbocycles. The summed E-state index contributed by atoms with van der Waals surface area (Å²) in [5.41, 5.74) is 8.02. The normalized spacial score (nSPS) is 15.2. The van der Waals surface area contributed by atoms with Gasteiger partial charge in [0, 0.05) is 36.5 Å². The predicted octanol–water partition coefficient (Wildman–Crippen LogP) is 3.85. The fourth-order valence-corrected chi connectivity index (χ4v) is 4.04. The smallest absolute Gasteiger partial charge is 0.410 e. The summed E-state index contributed by atoms with van der Waals surface area (Å²) < 4.78 is 5.47. The molecule has 38 heavy (non-hydrogen) atoms. The average Bonchev–Trinajstić information content (AvgIpc) is 3.32. The van der Waals surface area contributed by atoms with Gasteiger partial charge in [0.25, 0.3) is 5.91 Å². The van der Waals surface area contributed by atoms with E-state index in [1.807, 2.05) is 33.8 Å². The zero-order valence-electron chi connectivity index (χ0n) is 21.9. The predicted molar refractivity (Wildman–Crippen MR) is 146 cm³/mol. The van der Waals surface area contributed by atoms with Crippen LogP contribution in [0, 0.1) is 12.3 Å². The largest absolute Gasteiger partial charge is 0.444 e. The lowest BCUT2D eigenvalue weighted by Gasteiger charge is -2.24. The van der Waals surface area contributed by atoms with Gasteiger partial charge in [-0.3, -0.25) is 10.2 Å². The number of likely N-dealkylation sites (tertiary alicyclic amines) is 1. The molecule has 0 unspecified atom stereocenters. The van der Waals surface area contributed by atoms with Gasteiger partial charge in [-0.25, -0.2) is 19.7 Å². The van der Waals surface area contributed by atoms with Gasteiger partial charge < -0.3 is 26.0 Å². The summed E-state index contributed by atoms with van der Waals surface area (Å²) in [4.78, 5) is 39.3. The van der Waals surface area contributed by atoms with Crippen molar-refractivity contribution in [3.8, 4) is 0 Å². The van der Waals surface area contributed by atoms with Gasteiger partial charge in [0.05, 0.1) is 11.3 Å². The van der Waals surface area contributed by atoms with Gasteiger partial charge in [-0.1, -0.05) is 12.1 Å².